The van der Waals surface area contributed by atoms with Gasteiger partial charge in [0.15, 0.2) is 0 Å². The Balaban J connectivity index is 1.29. The molecule has 2 aromatic heterocycles. The van der Waals surface area contributed by atoms with Crippen LogP contribution in [-0.2, 0) is 17.9 Å². The smallest absolute Gasteiger partial charge is 0.237 e. The zero-order valence-corrected chi connectivity index (χ0v) is 21.0. The number of imidazole rings is 1. The summed E-state index contributed by atoms with van der Waals surface area (Å²) in [6.45, 7) is 1.83. The Labute approximate surface area is 214 Å². The maximum Gasteiger partial charge on any atom is 0.237 e. The van der Waals surface area contributed by atoms with Crippen LogP contribution in [0.5, 0.6) is 5.75 Å². The molecule has 6 nitrogen and oxygen atoms in total. The first-order chi connectivity index (χ1) is 17.1. The molecule has 5 rings (SSSR count). The number of rotatable bonds is 8. The topological polar surface area (TPSA) is 58.9 Å². The van der Waals surface area contributed by atoms with E-state index in [9.17, 15) is 4.79 Å². The minimum Gasteiger partial charge on any atom is -0.497 e. The van der Waals surface area contributed by atoms with Gasteiger partial charge in [0.1, 0.15) is 11.4 Å². The largest absolute Gasteiger partial charge is 0.497 e. The van der Waals surface area contributed by atoms with Gasteiger partial charge in [0.2, 0.25) is 5.91 Å². The summed E-state index contributed by atoms with van der Waals surface area (Å²) < 4.78 is 7.24. The van der Waals surface area contributed by atoms with Crippen LogP contribution < -0.4 is 10.1 Å². The average molecular weight is 507 g/mol. The molecular formula is C27H27ClN4O2S. The number of hydrogen-bond donors (Lipinski definition) is 1. The fourth-order valence-corrected chi connectivity index (χ4v) is 5.87. The number of carbonyl (C=O) groups excluding carboxylic acids is 1. The number of hydrogen-bond acceptors (Lipinski definition) is 5. The van der Waals surface area contributed by atoms with Gasteiger partial charge in [-0.25, -0.2) is 4.98 Å². The Kier molecular flexibility index (Phi) is 7.27. The number of fused-ring (bicyclic) bond motifs is 1. The third-order valence-electron chi connectivity index (χ3n) is 6.22. The fraction of sp³-hybridized carbons (Fsp3) is 0.259. The van der Waals surface area contributed by atoms with Crippen LogP contribution in [0.3, 0.4) is 0 Å². The molecule has 1 aliphatic rings. The summed E-state index contributed by atoms with van der Waals surface area (Å²) in [7, 11) is 1.67. The Morgan fingerprint density at radius 3 is 2.71 bits per heavy atom. The zero-order valence-electron chi connectivity index (χ0n) is 19.4. The minimum atomic E-state index is -0.237. The minimum absolute atomic E-state index is 0.0203. The number of thioether (sulfide) groups is 1. The second kappa shape index (κ2) is 10.7. The number of ether oxygens (including phenoxy) is 1. The number of nitrogens with one attached hydrogen (secondary N) is 1. The second-order valence-electron chi connectivity index (χ2n) is 8.60. The van der Waals surface area contributed by atoms with Gasteiger partial charge in [-0.2, -0.15) is 0 Å². The van der Waals surface area contributed by atoms with E-state index in [1.165, 1.54) is 4.90 Å². The number of amides is 1. The van der Waals surface area contributed by atoms with Gasteiger partial charge in [0, 0.05) is 40.7 Å². The molecule has 0 radical (unpaired) electrons. The summed E-state index contributed by atoms with van der Waals surface area (Å²) >= 11 is 8.25. The molecule has 0 saturated carbocycles. The van der Waals surface area contributed by atoms with Crippen molar-refractivity contribution in [2.45, 2.75) is 35.7 Å². The van der Waals surface area contributed by atoms with Crippen LogP contribution in [0.4, 0.5) is 0 Å². The first-order valence-electron chi connectivity index (χ1n) is 11.6. The highest BCUT2D eigenvalue weighted by Crippen LogP contribution is 2.35. The molecule has 180 valence electrons. The lowest BCUT2D eigenvalue weighted by Crippen LogP contribution is -2.42. The van der Waals surface area contributed by atoms with E-state index in [0.717, 1.165) is 40.6 Å². The molecule has 1 fully saturated rings. The van der Waals surface area contributed by atoms with Crippen LogP contribution >= 0.6 is 23.4 Å². The van der Waals surface area contributed by atoms with Crippen molar-refractivity contribution in [1.29, 1.82) is 0 Å². The van der Waals surface area contributed by atoms with Gasteiger partial charge in [0.25, 0.3) is 0 Å². The maximum atomic E-state index is 13.4. The van der Waals surface area contributed by atoms with Crippen molar-refractivity contribution in [2.75, 3.05) is 13.7 Å². The van der Waals surface area contributed by atoms with Crippen LogP contribution in [0.25, 0.3) is 5.65 Å². The van der Waals surface area contributed by atoms with E-state index in [0.29, 0.717) is 13.1 Å². The molecule has 4 aromatic rings. The van der Waals surface area contributed by atoms with E-state index >= 15 is 0 Å². The number of aromatic nitrogens is 2. The van der Waals surface area contributed by atoms with E-state index in [4.69, 9.17) is 16.3 Å². The van der Waals surface area contributed by atoms with Crippen LogP contribution in [-0.4, -0.2) is 45.1 Å². The quantitative estimate of drug-likeness (QED) is 0.362. The van der Waals surface area contributed by atoms with Crippen molar-refractivity contribution in [3.05, 3.63) is 95.4 Å². The number of benzene rings is 2. The van der Waals surface area contributed by atoms with Gasteiger partial charge in [0.05, 0.1) is 25.4 Å². The van der Waals surface area contributed by atoms with Gasteiger partial charge in [-0.15, -0.1) is 11.8 Å². The normalized spacial score (nSPS) is 18.1. The first-order valence-corrected chi connectivity index (χ1v) is 12.8. The summed E-state index contributed by atoms with van der Waals surface area (Å²) in [4.78, 5) is 21.4. The molecule has 2 atom stereocenters. The van der Waals surface area contributed by atoms with Crippen LogP contribution in [0, 0.1) is 0 Å². The Hall–Kier alpha value is -3.00. The number of pyridine rings is 1. The highest BCUT2D eigenvalue weighted by molar-refractivity contribution is 8.00. The van der Waals surface area contributed by atoms with Crippen molar-refractivity contribution in [1.82, 2.24) is 19.6 Å². The van der Waals surface area contributed by atoms with Crippen LogP contribution in [0.15, 0.2) is 84.0 Å². The standard InChI is InChI=1S/C27H27ClN4O2S/c1-34-21-9-11-22(12-10-21)35-23-14-25(32(18-23)16-19-6-2-3-7-24(19)28)27(33)29-15-20-17-31-13-5-4-8-26(31)30-20/h2-13,17,23,25H,14-16,18H2,1H3,(H,29,33)/t23-,25+/m1/s1. The molecule has 0 aliphatic carbocycles. The van der Waals surface area contributed by atoms with Crippen molar-refractivity contribution >= 4 is 34.9 Å². The third kappa shape index (κ3) is 5.64. The van der Waals surface area contributed by atoms with Crippen LogP contribution in [0.1, 0.15) is 17.7 Å². The van der Waals surface area contributed by atoms with Crippen molar-refractivity contribution in [3.8, 4) is 5.75 Å². The van der Waals surface area contributed by atoms with E-state index in [-0.39, 0.29) is 17.2 Å². The molecule has 0 unspecified atom stereocenters. The summed E-state index contributed by atoms with van der Waals surface area (Å²) in [5.41, 5.74) is 2.74. The molecular weight excluding hydrogens is 480 g/mol. The summed E-state index contributed by atoms with van der Waals surface area (Å²) in [6, 6.07) is 21.5. The summed E-state index contributed by atoms with van der Waals surface area (Å²) in [5, 5.41) is 4.13. The molecule has 1 saturated heterocycles. The SMILES string of the molecule is COc1ccc(S[C@@H]2C[C@@H](C(=O)NCc3cn4ccccc4n3)N(Cc3ccccc3Cl)C2)cc1. The number of likely N-dealkylation sites (tertiary alicyclic amines) is 1. The highest BCUT2D eigenvalue weighted by Gasteiger charge is 2.37. The molecule has 1 N–H and O–H groups in total. The number of nitrogens with zero attached hydrogens (tertiary/aromatic N) is 3. The highest BCUT2D eigenvalue weighted by atomic mass is 35.5. The fourth-order valence-electron chi connectivity index (χ4n) is 4.45. The Morgan fingerprint density at radius 1 is 1.14 bits per heavy atom. The third-order valence-corrected chi connectivity index (χ3v) is 7.81. The van der Waals surface area contributed by atoms with Crippen molar-refractivity contribution in [3.63, 3.8) is 0 Å². The van der Waals surface area contributed by atoms with Crippen molar-refractivity contribution < 1.29 is 9.53 Å². The lowest BCUT2D eigenvalue weighted by Gasteiger charge is -2.24. The van der Waals surface area contributed by atoms with Gasteiger partial charge in [-0.1, -0.05) is 35.9 Å². The Bertz CT molecular complexity index is 1280. The second-order valence-corrected chi connectivity index (χ2v) is 10.4. The van der Waals surface area contributed by atoms with Gasteiger partial charge in [-0.05, 0) is 54.4 Å². The molecule has 0 spiro atoms. The van der Waals surface area contributed by atoms with Gasteiger partial charge in [-0.3, -0.25) is 9.69 Å². The molecule has 0 bridgehead atoms. The average Bonchev–Trinajstić information content (AvgIpc) is 3.48. The molecule has 3 heterocycles. The lowest BCUT2D eigenvalue weighted by molar-refractivity contribution is -0.125. The van der Waals surface area contributed by atoms with E-state index < -0.39 is 0 Å². The summed E-state index contributed by atoms with van der Waals surface area (Å²) in [5.74, 6) is 0.859. The Morgan fingerprint density at radius 2 is 1.94 bits per heavy atom. The van der Waals surface area contributed by atoms with Gasteiger partial charge < -0.3 is 14.5 Å². The predicted octanol–water partition coefficient (Wildman–Crippen LogP) is 5.05. The molecule has 8 heteroatoms. The maximum absolute atomic E-state index is 13.4. The van der Waals surface area contributed by atoms with E-state index in [1.807, 2.05) is 71.4 Å². The number of methoxy groups -OCH3 is 1. The van der Waals surface area contributed by atoms with E-state index in [2.05, 4.69) is 27.3 Å². The molecule has 1 aliphatic heterocycles. The predicted molar refractivity (Wildman–Crippen MR) is 140 cm³/mol. The zero-order chi connectivity index (χ0) is 24.2. The van der Waals surface area contributed by atoms with Crippen LogP contribution in [0.2, 0.25) is 5.02 Å². The number of carbonyl (C=O) groups is 1. The molecule has 1 amide bonds. The van der Waals surface area contributed by atoms with Crippen molar-refractivity contribution in [2.24, 2.45) is 0 Å². The monoisotopic (exact) mass is 506 g/mol. The van der Waals surface area contributed by atoms with E-state index in [1.54, 1.807) is 18.9 Å². The lowest BCUT2D eigenvalue weighted by atomic mass is 10.1. The first kappa shape index (κ1) is 23.7. The van der Waals surface area contributed by atoms with Gasteiger partial charge >= 0.3 is 0 Å². The number of halogens is 1. The summed E-state index contributed by atoms with van der Waals surface area (Å²) in [6.07, 6.45) is 4.67. The molecule has 2 aromatic carbocycles. The molecule has 35 heavy (non-hydrogen) atoms.